The van der Waals surface area contributed by atoms with Crippen LogP contribution in [0.1, 0.15) is 47.5 Å². The first-order valence-corrected chi connectivity index (χ1v) is 6.32. The van der Waals surface area contributed by atoms with Crippen molar-refractivity contribution in [1.82, 2.24) is 0 Å². The number of ether oxygens (including phenoxy) is 1. The summed E-state index contributed by atoms with van der Waals surface area (Å²) < 4.78 is 5.26. The summed E-state index contributed by atoms with van der Waals surface area (Å²) in [5, 5.41) is 9.52. The molecule has 0 bridgehead atoms. The van der Waals surface area contributed by atoms with Gasteiger partial charge in [0.1, 0.15) is 17.4 Å². The second-order valence-electron chi connectivity index (χ2n) is 5.68. The highest BCUT2D eigenvalue weighted by atomic mass is 16.6. The molecular formula is C14H21NO4. The molecule has 0 unspecified atom stereocenters. The number of aliphatic imine (C=N–C) groups is 1. The quantitative estimate of drug-likeness (QED) is 0.484. The monoisotopic (exact) mass is 267 g/mol. The number of hydrogen-bond acceptors (Lipinski definition) is 5. The molecule has 106 valence electrons. The van der Waals surface area contributed by atoms with E-state index in [-0.39, 0.29) is 23.1 Å². The highest BCUT2D eigenvalue weighted by Gasteiger charge is 2.31. The van der Waals surface area contributed by atoms with E-state index in [1.165, 1.54) is 13.8 Å². The fraction of sp³-hybridized carbons (Fsp3) is 0.643. The number of hydrogen-bond donors (Lipinski definition) is 1. The number of aliphatic hydroxyl groups excluding tert-OH is 1. The van der Waals surface area contributed by atoms with Crippen LogP contribution in [0.15, 0.2) is 16.3 Å². The molecule has 0 saturated heterocycles. The molecule has 5 heteroatoms. The van der Waals surface area contributed by atoms with Crippen LogP contribution in [0.5, 0.6) is 0 Å². The van der Waals surface area contributed by atoms with E-state index in [1.54, 1.807) is 20.8 Å². The summed E-state index contributed by atoms with van der Waals surface area (Å²) >= 11 is 0. The van der Waals surface area contributed by atoms with Crippen molar-refractivity contribution in [3.05, 3.63) is 11.3 Å². The number of allylic oxidation sites excluding steroid dienone is 2. The number of carbonyl (C=O) groups is 2. The molecule has 0 aromatic heterocycles. The number of carbonyl (C=O) groups excluding carboxylic acids is 2. The van der Waals surface area contributed by atoms with Gasteiger partial charge in [-0.25, -0.2) is 4.79 Å². The van der Waals surface area contributed by atoms with E-state index >= 15 is 0 Å². The van der Waals surface area contributed by atoms with E-state index in [1.807, 2.05) is 0 Å². The van der Waals surface area contributed by atoms with Crippen LogP contribution >= 0.6 is 0 Å². The minimum absolute atomic E-state index is 0.0592. The van der Waals surface area contributed by atoms with Gasteiger partial charge in [-0.15, -0.1) is 0 Å². The van der Waals surface area contributed by atoms with Gasteiger partial charge in [0, 0.05) is 0 Å². The fourth-order valence-electron chi connectivity index (χ4n) is 1.99. The molecule has 1 rings (SSSR count). The summed E-state index contributed by atoms with van der Waals surface area (Å²) in [5.74, 6) is -0.694. The summed E-state index contributed by atoms with van der Waals surface area (Å²) in [6.45, 7) is 8.20. The number of ketones is 1. The maximum Gasteiger partial charge on any atom is 0.331 e. The standard InChI is InChI=1S/C14H21NO4/c1-8(16)12(9(2)17)10-6-7-11(15-10)13(18)19-14(3,4)5/h11,16H,6-7H2,1-5H3/b12-8-/t11-/m0/s1. The van der Waals surface area contributed by atoms with Gasteiger partial charge < -0.3 is 9.84 Å². The molecule has 19 heavy (non-hydrogen) atoms. The van der Waals surface area contributed by atoms with Crippen molar-refractivity contribution in [3.63, 3.8) is 0 Å². The molecule has 1 aliphatic heterocycles. The van der Waals surface area contributed by atoms with Gasteiger partial charge in [-0.05, 0) is 47.5 Å². The molecule has 0 fully saturated rings. The SMILES string of the molecule is CC(=O)/C(C1=N[C@H](C(=O)OC(C)(C)C)CC1)=C(\C)O. The lowest BCUT2D eigenvalue weighted by Gasteiger charge is -2.20. The first-order valence-electron chi connectivity index (χ1n) is 6.32. The summed E-state index contributed by atoms with van der Waals surface area (Å²) in [5.41, 5.74) is 0.149. The number of aliphatic hydroxyl groups is 1. The Balaban J connectivity index is 2.88. The Kier molecular flexibility index (Phi) is 4.50. The Labute approximate surface area is 113 Å². The third kappa shape index (κ3) is 4.19. The lowest BCUT2D eigenvalue weighted by Crippen LogP contribution is -2.29. The highest BCUT2D eigenvalue weighted by molar-refractivity contribution is 6.22. The van der Waals surface area contributed by atoms with Gasteiger partial charge >= 0.3 is 5.97 Å². The van der Waals surface area contributed by atoms with Crippen LogP contribution in [0.4, 0.5) is 0 Å². The van der Waals surface area contributed by atoms with Gasteiger partial charge in [-0.3, -0.25) is 9.79 Å². The molecule has 0 aromatic rings. The lowest BCUT2D eigenvalue weighted by atomic mass is 10.0. The van der Waals surface area contributed by atoms with E-state index in [0.717, 1.165) is 0 Å². The molecule has 0 radical (unpaired) electrons. The van der Waals surface area contributed by atoms with Gasteiger partial charge in [0.05, 0.1) is 11.3 Å². The van der Waals surface area contributed by atoms with E-state index < -0.39 is 11.6 Å². The predicted octanol–water partition coefficient (Wildman–Crippen LogP) is 2.35. The Morgan fingerprint density at radius 1 is 1.32 bits per heavy atom. The predicted molar refractivity (Wildman–Crippen MR) is 72.3 cm³/mol. The molecule has 1 aliphatic rings. The van der Waals surface area contributed by atoms with E-state index in [9.17, 15) is 14.7 Å². The zero-order chi connectivity index (χ0) is 14.8. The van der Waals surface area contributed by atoms with Crippen LogP contribution in [0.3, 0.4) is 0 Å². The summed E-state index contributed by atoms with van der Waals surface area (Å²) in [6, 6.07) is -0.581. The number of rotatable bonds is 3. The molecule has 0 saturated carbocycles. The minimum atomic E-state index is -0.581. The van der Waals surface area contributed by atoms with Gasteiger partial charge in [0.25, 0.3) is 0 Å². The van der Waals surface area contributed by atoms with Crippen LogP contribution in [-0.2, 0) is 14.3 Å². The Morgan fingerprint density at radius 3 is 2.32 bits per heavy atom. The third-order valence-corrected chi connectivity index (χ3v) is 2.65. The van der Waals surface area contributed by atoms with Gasteiger partial charge in [-0.1, -0.05) is 0 Å². The molecule has 1 N–H and O–H groups in total. The van der Waals surface area contributed by atoms with Crippen molar-refractivity contribution in [2.24, 2.45) is 4.99 Å². The van der Waals surface area contributed by atoms with E-state index in [4.69, 9.17) is 4.74 Å². The molecule has 1 heterocycles. The average Bonchev–Trinajstić information content (AvgIpc) is 2.62. The molecule has 0 amide bonds. The van der Waals surface area contributed by atoms with Crippen LogP contribution in [0.25, 0.3) is 0 Å². The van der Waals surface area contributed by atoms with Gasteiger partial charge in [-0.2, -0.15) is 0 Å². The van der Waals surface area contributed by atoms with Crippen molar-refractivity contribution in [2.75, 3.05) is 0 Å². The van der Waals surface area contributed by atoms with Crippen molar-refractivity contribution in [2.45, 2.75) is 59.1 Å². The van der Waals surface area contributed by atoms with Crippen molar-refractivity contribution < 1.29 is 19.4 Å². The van der Waals surface area contributed by atoms with E-state index in [0.29, 0.717) is 18.6 Å². The smallest absolute Gasteiger partial charge is 0.331 e. The van der Waals surface area contributed by atoms with Gasteiger partial charge in [0.15, 0.2) is 5.78 Å². The molecule has 1 atom stereocenters. The Morgan fingerprint density at radius 2 is 1.89 bits per heavy atom. The topological polar surface area (TPSA) is 76.0 Å². The minimum Gasteiger partial charge on any atom is -0.512 e. The average molecular weight is 267 g/mol. The van der Waals surface area contributed by atoms with Crippen molar-refractivity contribution >= 4 is 17.5 Å². The Hall–Kier alpha value is -1.65. The second-order valence-corrected chi connectivity index (χ2v) is 5.68. The van der Waals surface area contributed by atoms with Crippen molar-refractivity contribution in [1.29, 1.82) is 0 Å². The lowest BCUT2D eigenvalue weighted by molar-refractivity contribution is -0.156. The van der Waals surface area contributed by atoms with Crippen LogP contribution in [-0.4, -0.2) is 34.2 Å². The summed E-state index contributed by atoms with van der Waals surface area (Å²) in [4.78, 5) is 27.6. The fourth-order valence-corrected chi connectivity index (χ4v) is 1.99. The number of esters is 1. The molecular weight excluding hydrogens is 246 g/mol. The zero-order valence-electron chi connectivity index (χ0n) is 12.1. The largest absolute Gasteiger partial charge is 0.512 e. The third-order valence-electron chi connectivity index (χ3n) is 2.65. The maximum absolute atomic E-state index is 11.9. The van der Waals surface area contributed by atoms with Crippen LogP contribution in [0, 0.1) is 0 Å². The number of Topliss-reactive ketones (excluding diaryl/α,β-unsaturated/α-hetero) is 1. The molecule has 0 spiro atoms. The van der Waals surface area contributed by atoms with E-state index in [2.05, 4.69) is 4.99 Å². The first kappa shape index (κ1) is 15.4. The maximum atomic E-state index is 11.9. The molecule has 0 aliphatic carbocycles. The molecule has 0 aromatic carbocycles. The normalized spacial score (nSPS) is 20.7. The Bertz CT molecular complexity index is 451. The molecule has 5 nitrogen and oxygen atoms in total. The number of nitrogens with zero attached hydrogens (tertiary/aromatic N) is 1. The first-order chi connectivity index (χ1) is 8.61. The zero-order valence-corrected chi connectivity index (χ0v) is 12.1. The second kappa shape index (κ2) is 5.55. The summed E-state index contributed by atoms with van der Waals surface area (Å²) in [6.07, 6.45) is 1.00. The van der Waals surface area contributed by atoms with Crippen molar-refractivity contribution in [3.8, 4) is 0 Å². The van der Waals surface area contributed by atoms with Crippen LogP contribution < -0.4 is 0 Å². The van der Waals surface area contributed by atoms with Gasteiger partial charge in [0.2, 0.25) is 0 Å². The summed E-state index contributed by atoms with van der Waals surface area (Å²) in [7, 11) is 0. The van der Waals surface area contributed by atoms with Crippen LogP contribution in [0.2, 0.25) is 0 Å². The highest BCUT2D eigenvalue weighted by Crippen LogP contribution is 2.23.